The number of ketones is 2. The molecule has 3 aliphatic carbocycles. The number of carbonyl (C=O) groups excluding carboxylic acids is 7. The zero-order valence-electron chi connectivity index (χ0n) is 55.8. The van der Waals surface area contributed by atoms with E-state index >= 15 is 0 Å². The second-order valence-corrected chi connectivity index (χ2v) is 26.7. The van der Waals surface area contributed by atoms with Crippen LogP contribution in [-0.4, -0.2) is 215 Å². The SMILES string of the molecule is COc1cccc2c1C(=O)c1c(O)c3c(c(O)c1C2=O)C[C@@](O)(C(=O)NCCNC(=O)CCOCCOCCOCCOCCC(=O)N1CCC2(CCC(C(=O)NCCC(=O)N4Cc5ccccc5/C=C\c5ccccc54)CC2)CC1)C[C@@H]3O[C@H]1C[C@H]2[C@H](O[C@@H]3COCCN32)[C@H](C)O1. The van der Waals surface area contributed by atoms with E-state index in [-0.39, 0.29) is 140 Å². The largest absolute Gasteiger partial charge is 0.507 e. The average Bonchev–Trinajstić information content (AvgIpc) is 0.834. The monoisotopic (exact) mass is 1350 g/mol. The highest BCUT2D eigenvalue weighted by Gasteiger charge is 2.54. The minimum absolute atomic E-state index is 0.00371. The smallest absolute Gasteiger partial charge is 0.252 e. The van der Waals surface area contributed by atoms with Crippen LogP contribution >= 0.6 is 0 Å². The zero-order chi connectivity index (χ0) is 68.5. The van der Waals surface area contributed by atoms with Gasteiger partial charge in [0.05, 0.1) is 121 Å². The number of aliphatic hydroxyl groups is 1. The number of hydrogen-bond acceptors (Lipinski definition) is 20. The molecule has 8 aliphatic rings. The molecule has 5 fully saturated rings. The molecule has 5 heterocycles. The Hall–Kier alpha value is -7.69. The molecular formula is C73H90N6O19. The molecule has 7 atom stereocenters. The van der Waals surface area contributed by atoms with Crippen molar-refractivity contribution < 1.29 is 91.5 Å². The summed E-state index contributed by atoms with van der Waals surface area (Å²) < 4.78 is 52.8. The fourth-order valence-corrected chi connectivity index (χ4v) is 15.3. The Morgan fingerprint density at radius 1 is 0.684 bits per heavy atom. The molecule has 12 rings (SSSR count). The topological polar surface area (TPSA) is 309 Å². The minimum Gasteiger partial charge on any atom is -0.507 e. The van der Waals surface area contributed by atoms with Gasteiger partial charge in [-0.25, -0.2) is 0 Å². The summed E-state index contributed by atoms with van der Waals surface area (Å²) in [6.07, 6.45) is 5.95. The van der Waals surface area contributed by atoms with E-state index < -0.39 is 77.0 Å². The molecule has 4 aromatic rings. The predicted molar refractivity (Wildman–Crippen MR) is 355 cm³/mol. The molecule has 6 N–H and O–H groups in total. The molecule has 1 saturated carbocycles. The number of piperidine rings is 1. The number of fused-ring (bicyclic) bond motifs is 8. The van der Waals surface area contributed by atoms with Gasteiger partial charge in [-0.3, -0.25) is 38.5 Å². The number of likely N-dealkylation sites (tertiary alicyclic amines) is 1. The molecule has 4 saturated heterocycles. The number of para-hydroxylation sites is 1. The molecule has 0 bridgehead atoms. The fourth-order valence-electron chi connectivity index (χ4n) is 15.3. The highest BCUT2D eigenvalue weighted by Crippen LogP contribution is 2.53. The number of morpholine rings is 1. The van der Waals surface area contributed by atoms with Crippen LogP contribution in [0.4, 0.5) is 5.69 Å². The van der Waals surface area contributed by atoms with Gasteiger partial charge in [0, 0.05) is 100 Å². The van der Waals surface area contributed by atoms with E-state index in [1.54, 1.807) is 0 Å². The second-order valence-electron chi connectivity index (χ2n) is 26.7. The maximum Gasteiger partial charge on any atom is 0.252 e. The summed E-state index contributed by atoms with van der Waals surface area (Å²) in [7, 11) is 1.34. The van der Waals surface area contributed by atoms with Crippen LogP contribution in [0.2, 0.25) is 0 Å². The van der Waals surface area contributed by atoms with Crippen molar-refractivity contribution >= 4 is 58.9 Å². The second kappa shape index (κ2) is 31.7. The van der Waals surface area contributed by atoms with E-state index in [0.29, 0.717) is 78.8 Å². The van der Waals surface area contributed by atoms with Crippen LogP contribution in [0.15, 0.2) is 66.7 Å². The van der Waals surface area contributed by atoms with Crippen molar-refractivity contribution in [3.05, 3.63) is 117 Å². The van der Waals surface area contributed by atoms with Crippen LogP contribution < -0.4 is 25.6 Å². The quantitative estimate of drug-likeness (QED) is 0.0303. The number of carbonyl (C=O) groups is 7. The molecular weight excluding hydrogens is 1260 g/mol. The first-order chi connectivity index (χ1) is 47.5. The fraction of sp³-hybridized carbons (Fsp3) is 0.548. The summed E-state index contributed by atoms with van der Waals surface area (Å²) in [5.41, 5.74) is 0.569. The Balaban J connectivity index is 0.497. The summed E-state index contributed by atoms with van der Waals surface area (Å²) in [5, 5.41) is 44.8. The van der Waals surface area contributed by atoms with Crippen molar-refractivity contribution in [1.82, 2.24) is 25.8 Å². The van der Waals surface area contributed by atoms with Crippen molar-refractivity contribution in [3.8, 4) is 17.2 Å². The first-order valence-corrected chi connectivity index (χ1v) is 34.5. The Kier molecular flexibility index (Phi) is 22.7. The highest BCUT2D eigenvalue weighted by molar-refractivity contribution is 6.31. The number of phenolic OH excluding ortho intramolecular Hbond substituents is 2. The summed E-state index contributed by atoms with van der Waals surface area (Å²) in [5.74, 6) is -3.99. The van der Waals surface area contributed by atoms with Gasteiger partial charge in [0.1, 0.15) is 35.2 Å². The third-order valence-electron chi connectivity index (χ3n) is 20.7. The third kappa shape index (κ3) is 15.5. The number of ether oxygens (including phenoxy) is 9. The lowest BCUT2D eigenvalue weighted by molar-refractivity contribution is -0.247. The van der Waals surface area contributed by atoms with Crippen molar-refractivity contribution in [3.63, 3.8) is 0 Å². The number of amides is 5. The number of nitrogens with zero attached hydrogens (tertiary/aromatic N) is 3. The van der Waals surface area contributed by atoms with Gasteiger partial charge in [0.2, 0.25) is 29.4 Å². The summed E-state index contributed by atoms with van der Waals surface area (Å²) in [4.78, 5) is 101. The maximum atomic E-state index is 14.2. The van der Waals surface area contributed by atoms with Crippen molar-refractivity contribution in [2.24, 2.45) is 11.3 Å². The number of anilines is 1. The van der Waals surface area contributed by atoms with Crippen LogP contribution in [0.3, 0.4) is 0 Å². The van der Waals surface area contributed by atoms with Gasteiger partial charge in [0.15, 0.2) is 12.1 Å². The molecule has 98 heavy (non-hydrogen) atoms. The van der Waals surface area contributed by atoms with Gasteiger partial charge < -0.3 is 83.7 Å². The number of methoxy groups -OCH3 is 1. The molecule has 0 unspecified atom stereocenters. The Morgan fingerprint density at radius 2 is 1.36 bits per heavy atom. The summed E-state index contributed by atoms with van der Waals surface area (Å²) in [6, 6.07) is 20.3. The van der Waals surface area contributed by atoms with E-state index in [1.165, 1.54) is 25.3 Å². The number of phenols is 2. The zero-order valence-corrected chi connectivity index (χ0v) is 55.8. The van der Waals surface area contributed by atoms with E-state index in [2.05, 4.69) is 33.0 Å². The molecule has 1 spiro atoms. The number of aromatic hydroxyl groups is 2. The Bertz CT molecular complexity index is 3620. The average molecular weight is 1360 g/mol. The lowest BCUT2D eigenvalue weighted by atomic mass is 9.65. The number of benzene rings is 4. The molecule has 5 amide bonds. The van der Waals surface area contributed by atoms with Crippen LogP contribution in [0.1, 0.15) is 143 Å². The molecule has 25 heteroatoms. The van der Waals surface area contributed by atoms with Gasteiger partial charge in [0.25, 0.3) is 5.91 Å². The number of rotatable bonds is 26. The van der Waals surface area contributed by atoms with Crippen LogP contribution in [0.25, 0.3) is 12.2 Å². The summed E-state index contributed by atoms with van der Waals surface area (Å²) in [6.45, 7) is 7.63. The first kappa shape index (κ1) is 70.2. The van der Waals surface area contributed by atoms with Crippen molar-refractivity contribution in [1.29, 1.82) is 0 Å². The first-order valence-electron chi connectivity index (χ1n) is 34.5. The van der Waals surface area contributed by atoms with Gasteiger partial charge >= 0.3 is 0 Å². The van der Waals surface area contributed by atoms with Gasteiger partial charge in [-0.1, -0.05) is 66.7 Å². The van der Waals surface area contributed by atoms with Crippen LogP contribution in [-0.2, 0) is 74.8 Å². The maximum absolute atomic E-state index is 14.2. The molecule has 4 aromatic carbocycles. The van der Waals surface area contributed by atoms with Crippen molar-refractivity contribution in [2.75, 3.05) is 117 Å². The minimum atomic E-state index is -2.28. The van der Waals surface area contributed by atoms with Crippen LogP contribution in [0, 0.1) is 11.3 Å². The Labute approximate surface area is 569 Å². The molecule has 5 aliphatic heterocycles. The molecule has 25 nitrogen and oxygen atoms in total. The molecule has 0 aromatic heterocycles. The Morgan fingerprint density at radius 3 is 2.10 bits per heavy atom. The summed E-state index contributed by atoms with van der Waals surface area (Å²) >= 11 is 0. The standard InChI is InChI=1S/C73H90N6O19/c1-45-69-53(78-30-33-95-44-59(78)98-69)40-60(96-45)97-55-42-73(89,41-51-62(55)68(86)64-63(66(51)84)65(83)50-11-7-13-54(90-2)61(50)67(64)85)71(88)76-27-26-74-56(80)19-31-91-34-36-93-38-39-94-37-35-92-32-20-57(81)77-28-23-72(24-29-77)21-16-48(17-22-72)70(87)75-25-18-58(82)79-43-49-10-4-3-8-46(49)14-15-47-9-5-6-12-52(47)79/h3-15,45,48,53,55,59-60,69,84,86,89H,16-44H2,1-2H3,(H,74,80)(H,75,87)(H,76,88)/b15-14-/t45-,53-,55-,59+,60-,69+,73-/m0/s1. The predicted octanol–water partition coefficient (Wildman–Crippen LogP) is 5.28. The van der Waals surface area contributed by atoms with Crippen LogP contribution in [0.5, 0.6) is 17.2 Å². The molecule has 526 valence electrons. The third-order valence-corrected chi connectivity index (χ3v) is 20.7. The normalized spacial score (nSPS) is 24.3. The molecule has 0 radical (unpaired) electrons. The van der Waals surface area contributed by atoms with Gasteiger partial charge in [-0.05, 0) is 79.7 Å². The van der Waals surface area contributed by atoms with E-state index in [1.807, 2.05) is 65.3 Å². The lowest BCUT2D eigenvalue weighted by Gasteiger charge is -2.45. The van der Waals surface area contributed by atoms with E-state index in [0.717, 1.165) is 60.9 Å². The van der Waals surface area contributed by atoms with E-state index in [9.17, 15) is 48.9 Å². The van der Waals surface area contributed by atoms with Gasteiger partial charge in [-0.15, -0.1) is 0 Å². The van der Waals surface area contributed by atoms with Gasteiger partial charge in [-0.2, -0.15) is 0 Å². The lowest BCUT2D eigenvalue weighted by Crippen LogP contribution is -2.54. The highest BCUT2D eigenvalue weighted by atomic mass is 16.7. The number of hydrogen-bond donors (Lipinski definition) is 6. The number of nitrogens with one attached hydrogen (secondary N) is 3. The van der Waals surface area contributed by atoms with Crippen molar-refractivity contribution in [2.45, 2.75) is 133 Å². The van der Waals surface area contributed by atoms with E-state index in [4.69, 9.17) is 42.6 Å².